The lowest BCUT2D eigenvalue weighted by atomic mass is 9.88. The molecule has 2 nitrogen and oxygen atoms in total. The molecule has 0 aromatic carbocycles. The summed E-state index contributed by atoms with van der Waals surface area (Å²) in [4.78, 5) is 10.5. The van der Waals surface area contributed by atoms with Gasteiger partial charge in [0.2, 0.25) is 0 Å². The molecule has 4 heteroatoms. The average Bonchev–Trinajstić information content (AvgIpc) is 1.84. The Kier molecular flexibility index (Phi) is 3.61. The monoisotopic (exact) mass is 180 g/mol. The zero-order valence-corrected chi connectivity index (χ0v) is 7.47. The SMILES string of the molecule is CCC(F)(F)C(C(=O)O)C(C)C. The molecule has 72 valence electrons. The van der Waals surface area contributed by atoms with Crippen LogP contribution >= 0.6 is 0 Å². The van der Waals surface area contributed by atoms with E-state index in [-0.39, 0.29) is 0 Å². The van der Waals surface area contributed by atoms with Crippen LogP contribution in [0.3, 0.4) is 0 Å². The maximum Gasteiger partial charge on any atom is 0.312 e. The fraction of sp³-hybridized carbons (Fsp3) is 0.875. The van der Waals surface area contributed by atoms with E-state index in [4.69, 9.17) is 5.11 Å². The van der Waals surface area contributed by atoms with Gasteiger partial charge in [0.25, 0.3) is 5.92 Å². The number of halogens is 2. The number of aliphatic carboxylic acids is 1. The van der Waals surface area contributed by atoms with E-state index >= 15 is 0 Å². The first-order valence-corrected chi connectivity index (χ1v) is 3.93. The van der Waals surface area contributed by atoms with Crippen LogP contribution in [0.1, 0.15) is 27.2 Å². The molecule has 0 bridgehead atoms. The van der Waals surface area contributed by atoms with Gasteiger partial charge in [-0.3, -0.25) is 4.79 Å². The van der Waals surface area contributed by atoms with Crippen LogP contribution in [0.5, 0.6) is 0 Å². The molecule has 1 unspecified atom stereocenters. The smallest absolute Gasteiger partial charge is 0.312 e. The molecule has 0 aliphatic carbocycles. The van der Waals surface area contributed by atoms with E-state index in [1.807, 2.05) is 0 Å². The van der Waals surface area contributed by atoms with Crippen LogP contribution in [0, 0.1) is 11.8 Å². The predicted octanol–water partition coefficient (Wildman–Crippen LogP) is 2.39. The van der Waals surface area contributed by atoms with Crippen molar-refractivity contribution in [3.8, 4) is 0 Å². The first kappa shape index (κ1) is 11.3. The summed E-state index contributed by atoms with van der Waals surface area (Å²) >= 11 is 0. The Morgan fingerprint density at radius 3 is 2.00 bits per heavy atom. The van der Waals surface area contributed by atoms with Crippen molar-refractivity contribution in [1.29, 1.82) is 0 Å². The van der Waals surface area contributed by atoms with E-state index in [1.165, 1.54) is 20.8 Å². The normalized spacial score (nSPS) is 14.8. The number of carboxylic acids is 1. The molecule has 0 rings (SSSR count). The lowest BCUT2D eigenvalue weighted by Gasteiger charge is -2.25. The predicted molar refractivity (Wildman–Crippen MR) is 41.2 cm³/mol. The van der Waals surface area contributed by atoms with Gasteiger partial charge < -0.3 is 5.11 Å². The van der Waals surface area contributed by atoms with Gasteiger partial charge in [0.15, 0.2) is 0 Å². The Morgan fingerprint density at radius 1 is 1.50 bits per heavy atom. The van der Waals surface area contributed by atoms with Crippen molar-refractivity contribution < 1.29 is 18.7 Å². The summed E-state index contributed by atoms with van der Waals surface area (Å²) in [5.74, 6) is -6.63. The molecule has 0 fully saturated rings. The summed E-state index contributed by atoms with van der Waals surface area (Å²) in [6.07, 6.45) is -0.428. The van der Waals surface area contributed by atoms with Crippen molar-refractivity contribution in [3.05, 3.63) is 0 Å². The van der Waals surface area contributed by atoms with Crippen molar-refractivity contribution in [3.63, 3.8) is 0 Å². The summed E-state index contributed by atoms with van der Waals surface area (Å²) < 4.78 is 25.9. The molecule has 0 aromatic heterocycles. The van der Waals surface area contributed by atoms with Crippen molar-refractivity contribution in [2.45, 2.75) is 33.1 Å². The van der Waals surface area contributed by atoms with Crippen LogP contribution in [-0.2, 0) is 4.79 Å². The second-order valence-electron chi connectivity index (χ2n) is 3.17. The van der Waals surface area contributed by atoms with Gasteiger partial charge in [-0.1, -0.05) is 20.8 Å². The van der Waals surface area contributed by atoms with Crippen LogP contribution in [0.15, 0.2) is 0 Å². The fourth-order valence-corrected chi connectivity index (χ4v) is 1.17. The summed E-state index contributed by atoms with van der Waals surface area (Å²) in [6.45, 7) is 4.27. The van der Waals surface area contributed by atoms with Gasteiger partial charge in [0.1, 0.15) is 5.92 Å². The quantitative estimate of drug-likeness (QED) is 0.721. The molecule has 0 heterocycles. The zero-order chi connectivity index (χ0) is 9.94. The van der Waals surface area contributed by atoms with Gasteiger partial charge >= 0.3 is 5.97 Å². The van der Waals surface area contributed by atoms with E-state index in [2.05, 4.69) is 0 Å². The molecule has 0 amide bonds. The minimum atomic E-state index is -3.10. The Labute approximate surface area is 70.6 Å². The lowest BCUT2D eigenvalue weighted by molar-refractivity contribution is -0.161. The molecule has 1 atom stereocenters. The van der Waals surface area contributed by atoms with Crippen molar-refractivity contribution in [2.75, 3.05) is 0 Å². The minimum Gasteiger partial charge on any atom is -0.481 e. The molecule has 0 saturated heterocycles. The van der Waals surface area contributed by atoms with E-state index in [1.54, 1.807) is 0 Å². The summed E-state index contributed by atoms with van der Waals surface area (Å²) in [6, 6.07) is 0. The highest BCUT2D eigenvalue weighted by atomic mass is 19.3. The molecule has 0 spiro atoms. The van der Waals surface area contributed by atoms with E-state index in [0.717, 1.165) is 0 Å². The molecule has 0 aliphatic rings. The van der Waals surface area contributed by atoms with Crippen LogP contribution in [0.4, 0.5) is 8.78 Å². The molecule has 12 heavy (non-hydrogen) atoms. The Balaban J connectivity index is 4.62. The van der Waals surface area contributed by atoms with Gasteiger partial charge in [-0.15, -0.1) is 0 Å². The first-order chi connectivity index (χ1) is 5.33. The number of carboxylic acid groups (broad SMARTS) is 1. The van der Waals surface area contributed by atoms with E-state index in [0.29, 0.717) is 0 Å². The number of alkyl halides is 2. The molecule has 0 aromatic rings. The molecule has 0 aliphatic heterocycles. The number of hydrogen-bond acceptors (Lipinski definition) is 1. The average molecular weight is 180 g/mol. The highest BCUT2D eigenvalue weighted by Crippen LogP contribution is 2.33. The molecule has 0 radical (unpaired) electrons. The largest absolute Gasteiger partial charge is 0.481 e. The van der Waals surface area contributed by atoms with Crippen LogP contribution in [0.2, 0.25) is 0 Å². The van der Waals surface area contributed by atoms with Gasteiger partial charge in [-0.05, 0) is 5.92 Å². The summed E-state index contributed by atoms with van der Waals surface area (Å²) in [7, 11) is 0. The standard InChI is InChI=1S/C8H14F2O2/c1-4-8(9,10)6(5(2)3)7(11)12/h5-6H,4H2,1-3H3,(H,11,12). The van der Waals surface area contributed by atoms with E-state index in [9.17, 15) is 13.6 Å². The highest BCUT2D eigenvalue weighted by molar-refractivity contribution is 5.71. The fourth-order valence-electron chi connectivity index (χ4n) is 1.17. The molecular formula is C8H14F2O2. The zero-order valence-electron chi connectivity index (χ0n) is 7.47. The topological polar surface area (TPSA) is 37.3 Å². The van der Waals surface area contributed by atoms with E-state index < -0.39 is 30.1 Å². The van der Waals surface area contributed by atoms with Crippen LogP contribution < -0.4 is 0 Å². The molecule has 1 N–H and O–H groups in total. The third-order valence-corrected chi connectivity index (χ3v) is 1.86. The highest BCUT2D eigenvalue weighted by Gasteiger charge is 2.44. The summed E-state index contributed by atoms with van der Waals surface area (Å²) in [5.41, 5.74) is 0. The molecular weight excluding hydrogens is 166 g/mol. The Bertz CT molecular complexity index is 166. The maximum atomic E-state index is 12.9. The second kappa shape index (κ2) is 3.83. The maximum absolute atomic E-state index is 12.9. The van der Waals surface area contributed by atoms with Gasteiger partial charge in [0.05, 0.1) is 0 Å². The molecule has 0 saturated carbocycles. The van der Waals surface area contributed by atoms with Crippen molar-refractivity contribution in [1.82, 2.24) is 0 Å². The van der Waals surface area contributed by atoms with Crippen molar-refractivity contribution in [2.24, 2.45) is 11.8 Å². The lowest BCUT2D eigenvalue weighted by Crippen LogP contribution is -2.37. The third kappa shape index (κ3) is 2.43. The third-order valence-electron chi connectivity index (χ3n) is 1.86. The van der Waals surface area contributed by atoms with Gasteiger partial charge in [-0.25, -0.2) is 8.78 Å². The minimum absolute atomic E-state index is 0.428. The Morgan fingerprint density at radius 2 is 1.92 bits per heavy atom. The number of carbonyl (C=O) groups is 1. The second-order valence-corrected chi connectivity index (χ2v) is 3.17. The van der Waals surface area contributed by atoms with Gasteiger partial charge in [-0.2, -0.15) is 0 Å². The van der Waals surface area contributed by atoms with Crippen LogP contribution in [0.25, 0.3) is 0 Å². The van der Waals surface area contributed by atoms with Gasteiger partial charge in [0, 0.05) is 6.42 Å². The first-order valence-electron chi connectivity index (χ1n) is 3.93. The summed E-state index contributed by atoms with van der Waals surface area (Å²) in [5, 5.41) is 8.53. The number of rotatable bonds is 4. The number of hydrogen-bond donors (Lipinski definition) is 1. The van der Waals surface area contributed by atoms with Crippen molar-refractivity contribution >= 4 is 5.97 Å². The Hall–Kier alpha value is -0.670. The van der Waals surface area contributed by atoms with Crippen LogP contribution in [-0.4, -0.2) is 17.0 Å².